The van der Waals surface area contributed by atoms with Crippen molar-refractivity contribution in [3.05, 3.63) is 23.8 Å². The molecular formula is C13H19N3O. The molecule has 1 atom stereocenters. The van der Waals surface area contributed by atoms with Gasteiger partial charge < -0.3 is 16.0 Å². The van der Waals surface area contributed by atoms with Gasteiger partial charge in [-0.2, -0.15) is 0 Å². The largest absolute Gasteiger partial charge is 0.361 e. The predicted molar refractivity (Wildman–Crippen MR) is 70.3 cm³/mol. The van der Waals surface area contributed by atoms with E-state index in [-0.39, 0.29) is 11.9 Å². The number of likely N-dealkylation sites (N-methyl/N-ethyl adjacent to an activating group) is 1. The Morgan fingerprint density at radius 3 is 2.88 bits per heavy atom. The van der Waals surface area contributed by atoms with Gasteiger partial charge in [-0.15, -0.1) is 0 Å². The molecule has 4 heteroatoms. The third-order valence-electron chi connectivity index (χ3n) is 3.35. The van der Waals surface area contributed by atoms with Crippen LogP contribution in [0.5, 0.6) is 0 Å². The van der Waals surface area contributed by atoms with Crippen molar-refractivity contribution in [3.8, 4) is 0 Å². The first-order valence-electron chi connectivity index (χ1n) is 6.04. The summed E-state index contributed by atoms with van der Waals surface area (Å²) in [6, 6.07) is 5.97. The molecule has 0 spiro atoms. The van der Waals surface area contributed by atoms with Crippen molar-refractivity contribution in [2.24, 2.45) is 5.73 Å². The van der Waals surface area contributed by atoms with Gasteiger partial charge in [-0.1, -0.05) is 19.1 Å². The molecule has 1 heterocycles. The monoisotopic (exact) mass is 233 g/mol. The van der Waals surface area contributed by atoms with Gasteiger partial charge in [0.1, 0.15) is 6.04 Å². The van der Waals surface area contributed by atoms with Crippen LogP contribution in [0.4, 0.5) is 11.4 Å². The Morgan fingerprint density at radius 2 is 2.24 bits per heavy atom. The Hall–Kier alpha value is -1.55. The minimum Gasteiger partial charge on any atom is -0.361 e. The van der Waals surface area contributed by atoms with Gasteiger partial charge in [0.25, 0.3) is 0 Å². The molecule has 1 aliphatic rings. The van der Waals surface area contributed by atoms with Crippen molar-refractivity contribution < 1.29 is 4.79 Å². The zero-order valence-corrected chi connectivity index (χ0v) is 10.4. The SMILES string of the molecule is CCc1cccc2c1NC(=O)C(CCN)N2C. The molecule has 0 saturated carbocycles. The van der Waals surface area contributed by atoms with Crippen LogP contribution in [0.1, 0.15) is 18.9 Å². The molecule has 0 bridgehead atoms. The first-order valence-corrected chi connectivity index (χ1v) is 6.04. The Bertz CT molecular complexity index is 431. The number of amides is 1. The molecule has 92 valence electrons. The molecule has 2 rings (SSSR count). The highest BCUT2D eigenvalue weighted by atomic mass is 16.2. The van der Waals surface area contributed by atoms with Crippen molar-refractivity contribution in [2.75, 3.05) is 23.8 Å². The lowest BCUT2D eigenvalue weighted by Gasteiger charge is -2.36. The van der Waals surface area contributed by atoms with Gasteiger partial charge in [0.2, 0.25) is 5.91 Å². The zero-order valence-electron chi connectivity index (χ0n) is 10.4. The molecular weight excluding hydrogens is 214 g/mol. The first kappa shape index (κ1) is 11.9. The van der Waals surface area contributed by atoms with Gasteiger partial charge in [0, 0.05) is 7.05 Å². The molecule has 1 aliphatic heterocycles. The average Bonchev–Trinajstić information content (AvgIpc) is 2.34. The van der Waals surface area contributed by atoms with Gasteiger partial charge in [-0.3, -0.25) is 4.79 Å². The van der Waals surface area contributed by atoms with Crippen LogP contribution in [0.2, 0.25) is 0 Å². The van der Waals surface area contributed by atoms with E-state index in [1.54, 1.807) is 0 Å². The molecule has 1 aromatic carbocycles. The summed E-state index contributed by atoms with van der Waals surface area (Å²) in [6.07, 6.45) is 1.59. The molecule has 0 saturated heterocycles. The summed E-state index contributed by atoms with van der Waals surface area (Å²) >= 11 is 0. The number of aryl methyl sites for hydroxylation is 1. The Morgan fingerprint density at radius 1 is 1.47 bits per heavy atom. The Kier molecular flexibility index (Phi) is 3.33. The molecule has 4 nitrogen and oxygen atoms in total. The second-order valence-corrected chi connectivity index (χ2v) is 4.36. The quantitative estimate of drug-likeness (QED) is 0.828. The number of carbonyl (C=O) groups excluding carboxylic acids is 1. The number of nitrogens with two attached hydrogens (primary N) is 1. The second-order valence-electron chi connectivity index (χ2n) is 4.36. The zero-order chi connectivity index (χ0) is 12.4. The van der Waals surface area contributed by atoms with Crippen LogP contribution in [0, 0.1) is 0 Å². The Balaban J connectivity index is 2.41. The van der Waals surface area contributed by atoms with Crippen LogP contribution in [-0.2, 0) is 11.2 Å². The third kappa shape index (κ3) is 2.00. The van der Waals surface area contributed by atoms with Crippen LogP contribution in [0.15, 0.2) is 18.2 Å². The highest BCUT2D eigenvalue weighted by Crippen LogP contribution is 2.34. The van der Waals surface area contributed by atoms with Gasteiger partial charge in [0.15, 0.2) is 0 Å². The van der Waals surface area contributed by atoms with E-state index >= 15 is 0 Å². The number of benzene rings is 1. The maximum atomic E-state index is 12.0. The fourth-order valence-electron chi connectivity index (χ4n) is 2.35. The van der Waals surface area contributed by atoms with Crippen molar-refractivity contribution in [3.63, 3.8) is 0 Å². The minimum atomic E-state index is -0.153. The number of nitrogens with one attached hydrogen (secondary N) is 1. The first-order chi connectivity index (χ1) is 8.19. The number of para-hydroxylation sites is 1. The summed E-state index contributed by atoms with van der Waals surface area (Å²) in [4.78, 5) is 14.0. The summed E-state index contributed by atoms with van der Waals surface area (Å²) in [7, 11) is 1.96. The highest BCUT2D eigenvalue weighted by Gasteiger charge is 2.30. The maximum Gasteiger partial charge on any atom is 0.247 e. The Labute approximate surface area is 102 Å². The topological polar surface area (TPSA) is 58.4 Å². The van der Waals surface area contributed by atoms with E-state index < -0.39 is 0 Å². The highest BCUT2D eigenvalue weighted by molar-refractivity contribution is 6.04. The van der Waals surface area contributed by atoms with E-state index in [9.17, 15) is 4.79 Å². The lowest BCUT2D eigenvalue weighted by molar-refractivity contribution is -0.117. The molecule has 0 aliphatic carbocycles. The fourth-order valence-corrected chi connectivity index (χ4v) is 2.35. The van der Waals surface area contributed by atoms with E-state index in [1.807, 2.05) is 24.1 Å². The standard InChI is InChI=1S/C13H19N3O/c1-3-9-5-4-6-10-12(9)15-13(17)11(7-8-14)16(10)2/h4-6,11H,3,7-8,14H2,1-2H3,(H,15,17). The normalized spacial score (nSPS) is 18.9. The fraction of sp³-hybridized carbons (Fsp3) is 0.462. The summed E-state index contributed by atoms with van der Waals surface area (Å²) in [5, 5.41) is 3.01. The smallest absolute Gasteiger partial charge is 0.247 e. The molecule has 3 N–H and O–H groups in total. The third-order valence-corrected chi connectivity index (χ3v) is 3.35. The average molecular weight is 233 g/mol. The van der Waals surface area contributed by atoms with Crippen LogP contribution >= 0.6 is 0 Å². The summed E-state index contributed by atoms with van der Waals surface area (Å²) in [6.45, 7) is 2.61. The van der Waals surface area contributed by atoms with Crippen LogP contribution in [0.25, 0.3) is 0 Å². The molecule has 0 aromatic heterocycles. The summed E-state index contributed by atoms with van der Waals surface area (Å²) in [5.41, 5.74) is 8.77. The number of carbonyl (C=O) groups is 1. The molecule has 0 fully saturated rings. The van der Waals surface area contributed by atoms with Crippen molar-refractivity contribution in [1.82, 2.24) is 0 Å². The van der Waals surface area contributed by atoms with E-state index in [0.29, 0.717) is 13.0 Å². The van der Waals surface area contributed by atoms with Crippen molar-refractivity contribution in [2.45, 2.75) is 25.8 Å². The molecule has 1 unspecified atom stereocenters. The minimum absolute atomic E-state index is 0.0475. The predicted octanol–water partition coefficient (Wildman–Crippen LogP) is 1.35. The molecule has 1 amide bonds. The van der Waals surface area contributed by atoms with Gasteiger partial charge >= 0.3 is 0 Å². The van der Waals surface area contributed by atoms with E-state index in [1.165, 1.54) is 5.56 Å². The molecule has 0 radical (unpaired) electrons. The summed E-state index contributed by atoms with van der Waals surface area (Å²) in [5.74, 6) is 0.0475. The number of hydrogen-bond acceptors (Lipinski definition) is 3. The van der Waals surface area contributed by atoms with Gasteiger partial charge in [0.05, 0.1) is 11.4 Å². The van der Waals surface area contributed by atoms with Crippen molar-refractivity contribution >= 4 is 17.3 Å². The van der Waals surface area contributed by atoms with Crippen LogP contribution in [-0.4, -0.2) is 25.5 Å². The second kappa shape index (κ2) is 4.75. The number of rotatable bonds is 3. The van der Waals surface area contributed by atoms with E-state index in [2.05, 4.69) is 18.3 Å². The maximum absolute atomic E-state index is 12.0. The number of nitrogens with zero attached hydrogens (tertiary/aromatic N) is 1. The van der Waals surface area contributed by atoms with Crippen LogP contribution in [0.3, 0.4) is 0 Å². The number of hydrogen-bond donors (Lipinski definition) is 2. The number of anilines is 2. The lowest BCUT2D eigenvalue weighted by Crippen LogP contribution is -2.47. The molecule has 17 heavy (non-hydrogen) atoms. The van der Waals surface area contributed by atoms with E-state index in [4.69, 9.17) is 5.73 Å². The summed E-state index contributed by atoms with van der Waals surface area (Å²) < 4.78 is 0. The van der Waals surface area contributed by atoms with Crippen molar-refractivity contribution in [1.29, 1.82) is 0 Å². The van der Waals surface area contributed by atoms with Gasteiger partial charge in [-0.25, -0.2) is 0 Å². The van der Waals surface area contributed by atoms with E-state index in [0.717, 1.165) is 17.8 Å². The number of fused-ring (bicyclic) bond motifs is 1. The van der Waals surface area contributed by atoms with Gasteiger partial charge in [-0.05, 0) is 31.0 Å². The molecule has 1 aromatic rings. The lowest BCUT2D eigenvalue weighted by atomic mass is 10.0. The van der Waals surface area contributed by atoms with Crippen LogP contribution < -0.4 is 16.0 Å².